The van der Waals surface area contributed by atoms with Gasteiger partial charge in [-0.15, -0.1) is 0 Å². The van der Waals surface area contributed by atoms with Gasteiger partial charge in [-0.2, -0.15) is 5.10 Å². The first-order valence-electron chi connectivity index (χ1n) is 7.27. The number of H-pyrrole nitrogens is 1. The van der Waals surface area contributed by atoms with E-state index in [1.165, 1.54) is 0 Å². The molecule has 5 nitrogen and oxygen atoms in total. The molecular weight excluding hydrogens is 382 g/mol. The second-order valence-electron chi connectivity index (χ2n) is 5.48. The second-order valence-corrected chi connectivity index (χ2v) is 6.71. The van der Waals surface area contributed by atoms with Gasteiger partial charge in [0.05, 0.1) is 16.7 Å². The number of nitrogens with one attached hydrogen (secondary N) is 1. The first-order valence-corrected chi connectivity index (χ1v) is 8.44. The molecule has 23 heavy (non-hydrogen) atoms. The molecule has 0 radical (unpaired) electrons. The van der Waals surface area contributed by atoms with E-state index in [2.05, 4.69) is 26.1 Å². The lowest BCUT2D eigenvalue weighted by atomic mass is 10.1. The number of carbonyl (C=O) groups excluding carboxylic acids is 1. The first kappa shape index (κ1) is 17.8. The zero-order valence-electron chi connectivity index (χ0n) is 13.3. The molecule has 0 unspecified atom stereocenters. The molecule has 0 aliphatic heterocycles. The Labute approximate surface area is 149 Å². The Morgan fingerprint density at radius 3 is 2.61 bits per heavy atom. The van der Waals surface area contributed by atoms with Crippen LogP contribution in [0, 0.1) is 0 Å². The zero-order chi connectivity index (χ0) is 17.0. The third-order valence-electron chi connectivity index (χ3n) is 3.37. The molecule has 0 saturated heterocycles. The van der Waals surface area contributed by atoms with Crippen molar-refractivity contribution in [3.05, 3.63) is 45.1 Å². The van der Waals surface area contributed by atoms with Gasteiger partial charge < -0.3 is 9.64 Å². The Balaban J connectivity index is 1.91. The number of amides is 1. The fraction of sp³-hybridized carbons (Fsp3) is 0.375. The second kappa shape index (κ2) is 7.84. The van der Waals surface area contributed by atoms with Crippen LogP contribution in [-0.2, 0) is 0 Å². The molecule has 2 rings (SSSR count). The Kier molecular flexibility index (Phi) is 6.07. The SMILES string of the molecule is CC(C)c1[nH]nc(C(=O)N(C)CCOc2ccc(Cl)cc2)c1Br. The molecule has 0 aliphatic rings. The molecule has 2 aromatic rings. The van der Waals surface area contributed by atoms with Crippen LogP contribution in [0.2, 0.25) is 5.02 Å². The topological polar surface area (TPSA) is 58.2 Å². The molecular formula is C16H19BrClN3O2. The van der Waals surface area contributed by atoms with Gasteiger partial charge in [-0.05, 0) is 46.1 Å². The van der Waals surface area contributed by atoms with Crippen LogP contribution in [-0.4, -0.2) is 41.2 Å². The van der Waals surface area contributed by atoms with E-state index in [4.69, 9.17) is 16.3 Å². The van der Waals surface area contributed by atoms with Crippen molar-refractivity contribution in [1.29, 1.82) is 0 Å². The van der Waals surface area contributed by atoms with Gasteiger partial charge in [0.15, 0.2) is 5.69 Å². The number of rotatable bonds is 6. The molecule has 1 heterocycles. The molecule has 1 aromatic heterocycles. The predicted molar refractivity (Wildman–Crippen MR) is 94.3 cm³/mol. The summed E-state index contributed by atoms with van der Waals surface area (Å²) in [4.78, 5) is 14.0. The number of aromatic amines is 1. The van der Waals surface area contributed by atoms with Gasteiger partial charge in [0.1, 0.15) is 12.4 Å². The minimum absolute atomic E-state index is 0.153. The number of hydrogen-bond acceptors (Lipinski definition) is 3. The molecule has 0 atom stereocenters. The quantitative estimate of drug-likeness (QED) is 0.794. The molecule has 0 saturated carbocycles. The smallest absolute Gasteiger partial charge is 0.275 e. The molecule has 1 amide bonds. The summed E-state index contributed by atoms with van der Waals surface area (Å²) in [5.74, 6) is 0.829. The van der Waals surface area contributed by atoms with E-state index >= 15 is 0 Å². The fourth-order valence-electron chi connectivity index (χ4n) is 1.98. The Morgan fingerprint density at radius 2 is 2.04 bits per heavy atom. The molecule has 0 bridgehead atoms. The van der Waals surface area contributed by atoms with Crippen LogP contribution in [0.4, 0.5) is 0 Å². The number of benzene rings is 1. The van der Waals surface area contributed by atoms with E-state index in [-0.39, 0.29) is 11.8 Å². The maximum absolute atomic E-state index is 12.4. The number of halogens is 2. The summed E-state index contributed by atoms with van der Waals surface area (Å²) in [6.45, 7) is 4.92. The summed E-state index contributed by atoms with van der Waals surface area (Å²) >= 11 is 9.27. The third-order valence-corrected chi connectivity index (χ3v) is 4.42. The van der Waals surface area contributed by atoms with Gasteiger partial charge in [-0.1, -0.05) is 25.4 Å². The van der Waals surface area contributed by atoms with E-state index in [0.29, 0.717) is 23.9 Å². The molecule has 0 aliphatic carbocycles. The maximum Gasteiger partial charge on any atom is 0.275 e. The van der Waals surface area contributed by atoms with E-state index in [1.54, 1.807) is 36.2 Å². The first-order chi connectivity index (χ1) is 10.9. The average molecular weight is 401 g/mol. The van der Waals surface area contributed by atoms with Crippen molar-refractivity contribution in [3.8, 4) is 5.75 Å². The summed E-state index contributed by atoms with van der Waals surface area (Å²) < 4.78 is 6.32. The molecule has 0 fully saturated rings. The summed E-state index contributed by atoms with van der Waals surface area (Å²) in [6, 6.07) is 7.12. The highest BCUT2D eigenvalue weighted by molar-refractivity contribution is 9.10. The highest BCUT2D eigenvalue weighted by Gasteiger charge is 2.22. The van der Waals surface area contributed by atoms with Crippen molar-refractivity contribution in [3.63, 3.8) is 0 Å². The van der Waals surface area contributed by atoms with Gasteiger partial charge in [-0.3, -0.25) is 9.89 Å². The summed E-state index contributed by atoms with van der Waals surface area (Å²) in [5.41, 5.74) is 1.31. The van der Waals surface area contributed by atoms with E-state index in [1.807, 2.05) is 13.8 Å². The van der Waals surface area contributed by atoms with Crippen LogP contribution in [0.25, 0.3) is 0 Å². The minimum Gasteiger partial charge on any atom is -0.492 e. The number of likely N-dealkylation sites (N-methyl/N-ethyl adjacent to an activating group) is 1. The van der Waals surface area contributed by atoms with Gasteiger partial charge >= 0.3 is 0 Å². The molecule has 7 heteroatoms. The number of aromatic nitrogens is 2. The van der Waals surface area contributed by atoms with Crippen LogP contribution in [0.3, 0.4) is 0 Å². The molecule has 1 N–H and O–H groups in total. The number of hydrogen-bond donors (Lipinski definition) is 1. The molecule has 124 valence electrons. The largest absolute Gasteiger partial charge is 0.492 e. The highest BCUT2D eigenvalue weighted by Crippen LogP contribution is 2.26. The van der Waals surface area contributed by atoms with Crippen LogP contribution in [0.1, 0.15) is 35.9 Å². The monoisotopic (exact) mass is 399 g/mol. The lowest BCUT2D eigenvalue weighted by Crippen LogP contribution is -2.31. The van der Waals surface area contributed by atoms with Crippen LogP contribution < -0.4 is 4.74 Å². The van der Waals surface area contributed by atoms with Crippen LogP contribution in [0.15, 0.2) is 28.7 Å². The lowest BCUT2D eigenvalue weighted by molar-refractivity contribution is 0.0767. The maximum atomic E-state index is 12.4. The van der Waals surface area contributed by atoms with Crippen molar-refractivity contribution in [2.24, 2.45) is 0 Å². The van der Waals surface area contributed by atoms with Gasteiger partial charge in [0.25, 0.3) is 5.91 Å². The number of nitrogens with zero attached hydrogens (tertiary/aromatic N) is 2. The standard InChI is InChI=1S/C16H19BrClN3O2/c1-10(2)14-13(17)15(20-19-14)16(22)21(3)8-9-23-12-6-4-11(18)5-7-12/h4-7,10H,8-9H2,1-3H3,(H,19,20). The van der Waals surface area contributed by atoms with Gasteiger partial charge in [0, 0.05) is 12.1 Å². The Bertz CT molecular complexity index is 670. The molecule has 1 aromatic carbocycles. The predicted octanol–water partition coefficient (Wildman–Crippen LogP) is 4.10. The van der Waals surface area contributed by atoms with Crippen LogP contribution >= 0.6 is 27.5 Å². The summed E-state index contributed by atoms with van der Waals surface area (Å²) in [6.07, 6.45) is 0. The van der Waals surface area contributed by atoms with Crippen molar-refractivity contribution in [2.75, 3.05) is 20.2 Å². The van der Waals surface area contributed by atoms with E-state index in [0.717, 1.165) is 15.9 Å². The van der Waals surface area contributed by atoms with Crippen molar-refractivity contribution in [1.82, 2.24) is 15.1 Å². The Hall–Kier alpha value is -1.53. The van der Waals surface area contributed by atoms with E-state index in [9.17, 15) is 4.79 Å². The number of ether oxygens (including phenoxy) is 1. The highest BCUT2D eigenvalue weighted by atomic mass is 79.9. The van der Waals surface area contributed by atoms with Gasteiger partial charge in [-0.25, -0.2) is 0 Å². The van der Waals surface area contributed by atoms with Gasteiger partial charge in [0.2, 0.25) is 0 Å². The number of carbonyl (C=O) groups is 1. The average Bonchev–Trinajstić information content (AvgIpc) is 2.90. The third kappa shape index (κ3) is 4.48. The molecule has 0 spiro atoms. The fourth-order valence-corrected chi connectivity index (χ4v) is 2.91. The Morgan fingerprint density at radius 1 is 1.39 bits per heavy atom. The van der Waals surface area contributed by atoms with Crippen molar-refractivity contribution in [2.45, 2.75) is 19.8 Å². The lowest BCUT2D eigenvalue weighted by Gasteiger charge is -2.16. The minimum atomic E-state index is -0.153. The van der Waals surface area contributed by atoms with Crippen molar-refractivity contribution < 1.29 is 9.53 Å². The summed E-state index contributed by atoms with van der Waals surface area (Å²) in [5, 5.41) is 7.68. The van der Waals surface area contributed by atoms with Crippen LogP contribution in [0.5, 0.6) is 5.75 Å². The van der Waals surface area contributed by atoms with Crippen molar-refractivity contribution >= 4 is 33.4 Å². The summed E-state index contributed by atoms with van der Waals surface area (Å²) in [7, 11) is 1.73. The normalized spacial score (nSPS) is 10.9. The van der Waals surface area contributed by atoms with E-state index < -0.39 is 0 Å². The zero-order valence-corrected chi connectivity index (χ0v) is 15.6.